The summed E-state index contributed by atoms with van der Waals surface area (Å²) in [5.41, 5.74) is 5.16. The normalized spacial score (nSPS) is 24.7. The Morgan fingerprint density at radius 2 is 1.82 bits per heavy atom. The zero-order valence-corrected chi connectivity index (χ0v) is 22.8. The van der Waals surface area contributed by atoms with E-state index in [2.05, 4.69) is 13.0 Å². The van der Waals surface area contributed by atoms with Crippen LogP contribution < -0.4 is 0 Å². The average Bonchev–Trinajstić information content (AvgIpc) is 3.21. The van der Waals surface area contributed by atoms with Gasteiger partial charge in [0.1, 0.15) is 5.75 Å². The highest BCUT2D eigenvalue weighted by molar-refractivity contribution is 6.43. The molecule has 2 fully saturated rings. The Labute approximate surface area is 234 Å². The van der Waals surface area contributed by atoms with E-state index in [1.807, 2.05) is 42.5 Å². The summed E-state index contributed by atoms with van der Waals surface area (Å²) < 4.78 is 10.9. The van der Waals surface area contributed by atoms with Crippen molar-refractivity contribution in [2.75, 3.05) is 7.11 Å². The Balaban J connectivity index is 1.47. The van der Waals surface area contributed by atoms with E-state index in [1.165, 1.54) is 0 Å². The van der Waals surface area contributed by atoms with Gasteiger partial charge >= 0.3 is 13.2 Å². The quantitative estimate of drug-likeness (QED) is 0.217. The first-order valence-corrected chi connectivity index (χ1v) is 13.9. The minimum atomic E-state index is -1.09. The van der Waals surface area contributed by atoms with E-state index in [0.29, 0.717) is 24.2 Å². The zero-order chi connectivity index (χ0) is 28.4. The Morgan fingerprint density at radius 3 is 2.50 bits per heavy atom. The number of ether oxygens (including phenoxy) is 1. The maximum absolute atomic E-state index is 13.4. The number of hydrogen-bond acceptors (Lipinski definition) is 7. The molecule has 4 atom stereocenters. The molecule has 3 amide bonds. The van der Waals surface area contributed by atoms with Gasteiger partial charge in [0.05, 0.1) is 25.0 Å². The van der Waals surface area contributed by atoms with Gasteiger partial charge in [-0.05, 0) is 72.3 Å². The van der Waals surface area contributed by atoms with Crippen molar-refractivity contribution < 1.29 is 33.9 Å². The summed E-state index contributed by atoms with van der Waals surface area (Å²) in [4.78, 5) is 39.5. The maximum Gasteiger partial charge on any atom is 0.455 e. The number of carbonyl (C=O) groups is 3. The summed E-state index contributed by atoms with van der Waals surface area (Å²) in [6, 6.07) is 17.0. The van der Waals surface area contributed by atoms with Gasteiger partial charge in [-0.2, -0.15) is 4.90 Å². The Bertz CT molecular complexity index is 1340. The number of methoxy groups -OCH3 is 1. The van der Waals surface area contributed by atoms with Crippen molar-refractivity contribution in [1.29, 1.82) is 0 Å². The Kier molecular flexibility index (Phi) is 8.23. The summed E-state index contributed by atoms with van der Waals surface area (Å²) in [6.45, 7) is 2.07. The van der Waals surface area contributed by atoms with Crippen LogP contribution in [0.2, 0.25) is 6.32 Å². The second-order valence-electron chi connectivity index (χ2n) is 10.7. The van der Waals surface area contributed by atoms with Crippen molar-refractivity contribution >= 4 is 36.7 Å². The molecule has 0 bridgehead atoms. The van der Waals surface area contributed by atoms with Gasteiger partial charge in [-0.15, -0.1) is 0 Å². The van der Waals surface area contributed by atoms with E-state index >= 15 is 0 Å². The molecule has 1 aliphatic carbocycles. The number of phenols is 1. The summed E-state index contributed by atoms with van der Waals surface area (Å²) in [6.07, 6.45) is 4.09. The molecular weight excluding hydrogens is 509 g/mol. The van der Waals surface area contributed by atoms with Crippen LogP contribution in [0.15, 0.2) is 65.7 Å². The van der Waals surface area contributed by atoms with Gasteiger partial charge in [-0.25, -0.2) is 4.79 Å². The molecule has 0 saturated carbocycles. The van der Waals surface area contributed by atoms with Crippen LogP contribution in [0.25, 0.3) is 11.6 Å². The van der Waals surface area contributed by atoms with Crippen LogP contribution in [0.5, 0.6) is 5.75 Å². The number of aromatic hydroxyl groups is 1. The number of fused-ring (bicyclic) bond motifs is 3. The molecule has 5 rings (SSSR count). The molecule has 0 spiro atoms. The molecular formula is C31H34BNO7. The fraction of sp³-hybridized carbons (Fsp3) is 0.387. The van der Waals surface area contributed by atoms with Crippen molar-refractivity contribution in [3.05, 3.63) is 76.9 Å². The van der Waals surface area contributed by atoms with E-state index in [-0.39, 0.29) is 18.0 Å². The number of phenolic OH excluding ortho intramolecular Hbond substituents is 1. The lowest BCUT2D eigenvalue weighted by molar-refractivity contribution is -0.137. The van der Waals surface area contributed by atoms with Crippen molar-refractivity contribution in [1.82, 2.24) is 4.90 Å². The lowest BCUT2D eigenvalue weighted by atomic mass is 9.58. The molecule has 40 heavy (non-hydrogen) atoms. The number of carbonyl (C=O) groups excluding carboxylic acids is 3. The van der Waals surface area contributed by atoms with Crippen LogP contribution in [0, 0.1) is 17.8 Å². The van der Waals surface area contributed by atoms with Crippen molar-refractivity contribution in [2.24, 2.45) is 17.8 Å². The van der Waals surface area contributed by atoms with Crippen molar-refractivity contribution in [3.8, 4) is 5.75 Å². The van der Waals surface area contributed by atoms with Gasteiger partial charge < -0.3 is 19.5 Å². The molecule has 0 aromatic heterocycles. The number of imide groups is 3. The third-order valence-electron chi connectivity index (χ3n) is 8.27. The molecule has 0 radical (unpaired) electrons. The highest BCUT2D eigenvalue weighted by atomic mass is 16.5. The summed E-state index contributed by atoms with van der Waals surface area (Å²) in [5.74, 6) is -2.61. The number of allylic oxidation sites excluding steroid dienone is 2. The van der Waals surface area contributed by atoms with Crippen molar-refractivity contribution in [3.63, 3.8) is 0 Å². The fourth-order valence-corrected chi connectivity index (χ4v) is 6.58. The van der Waals surface area contributed by atoms with E-state index in [1.54, 1.807) is 12.1 Å². The van der Waals surface area contributed by atoms with Gasteiger partial charge in [-0.1, -0.05) is 67.5 Å². The molecule has 8 nitrogen and oxygen atoms in total. The van der Waals surface area contributed by atoms with Gasteiger partial charge in [0.2, 0.25) is 11.8 Å². The first-order chi connectivity index (χ1) is 19.3. The number of nitrogens with zero attached hydrogens (tertiary/aromatic N) is 1. The van der Waals surface area contributed by atoms with Crippen LogP contribution in [-0.2, 0) is 19.0 Å². The lowest BCUT2D eigenvalue weighted by Gasteiger charge is -2.43. The molecule has 9 heteroatoms. The Morgan fingerprint density at radius 1 is 1.10 bits per heavy atom. The largest absolute Gasteiger partial charge is 0.508 e. The predicted octanol–water partition coefficient (Wildman–Crippen LogP) is 5.08. The minimum absolute atomic E-state index is 0.198. The van der Waals surface area contributed by atoms with Gasteiger partial charge in [0.25, 0.3) is 0 Å². The van der Waals surface area contributed by atoms with Crippen LogP contribution >= 0.6 is 0 Å². The summed E-state index contributed by atoms with van der Waals surface area (Å²) in [7, 11) is 0.0677. The number of hydrogen-bond donors (Lipinski definition) is 2. The van der Waals surface area contributed by atoms with Crippen LogP contribution in [0.4, 0.5) is 4.79 Å². The topological polar surface area (TPSA) is 113 Å². The van der Waals surface area contributed by atoms with Crippen LogP contribution in [0.3, 0.4) is 0 Å². The van der Waals surface area contributed by atoms with E-state index in [0.717, 1.165) is 47.8 Å². The monoisotopic (exact) mass is 543 g/mol. The molecule has 2 aromatic carbocycles. The smallest absolute Gasteiger partial charge is 0.455 e. The molecule has 208 valence electrons. The van der Waals surface area contributed by atoms with Crippen LogP contribution in [-0.4, -0.2) is 53.3 Å². The number of likely N-dealkylation sites (tertiary alicyclic amines) is 1. The van der Waals surface area contributed by atoms with Crippen molar-refractivity contribution in [2.45, 2.75) is 51.5 Å². The minimum Gasteiger partial charge on any atom is -0.508 e. The van der Waals surface area contributed by atoms with Gasteiger partial charge in [-0.3, -0.25) is 9.59 Å². The van der Waals surface area contributed by atoms with E-state index < -0.39 is 43.0 Å². The third kappa shape index (κ3) is 5.36. The molecule has 2 aliphatic heterocycles. The molecule has 2 heterocycles. The van der Waals surface area contributed by atoms with E-state index in [4.69, 9.17) is 9.39 Å². The number of amides is 3. The summed E-state index contributed by atoms with van der Waals surface area (Å²) >= 11 is 0. The van der Waals surface area contributed by atoms with Crippen LogP contribution in [0.1, 0.15) is 50.2 Å². The molecule has 2 aromatic rings. The highest BCUT2D eigenvalue weighted by Crippen LogP contribution is 2.51. The molecule has 0 unspecified atom stereocenters. The standard InChI is InChI=1S/C31H34BNO7/c1-3-7-22-17-24-28(30(36)33(29(24)35)31(37)39-2)25-18-32(38)40-26(27(22)25)15-12-21(20-8-5-4-6-9-20)16-19-10-13-23(34)14-11-19/h4-6,8-11,13-14,16,24-26,28,34,38H,3,7,12,15,17-18H2,1-2H3/b21-16-/t24-,25+,26-,28-/m1/s1. The lowest BCUT2D eigenvalue weighted by Crippen LogP contribution is -2.46. The second kappa shape index (κ2) is 11.8. The second-order valence-corrected chi connectivity index (χ2v) is 10.7. The molecule has 2 N–H and O–H groups in total. The predicted molar refractivity (Wildman–Crippen MR) is 151 cm³/mol. The fourth-order valence-electron chi connectivity index (χ4n) is 6.58. The highest BCUT2D eigenvalue weighted by Gasteiger charge is 2.59. The van der Waals surface area contributed by atoms with E-state index in [9.17, 15) is 24.5 Å². The average molecular weight is 543 g/mol. The number of benzene rings is 2. The molecule has 2 saturated heterocycles. The van der Waals surface area contributed by atoms with Gasteiger partial charge in [0.15, 0.2) is 0 Å². The summed E-state index contributed by atoms with van der Waals surface area (Å²) in [5, 5.41) is 20.5. The third-order valence-corrected chi connectivity index (χ3v) is 8.27. The number of rotatable bonds is 7. The first-order valence-electron chi connectivity index (χ1n) is 13.9. The Hall–Kier alpha value is -3.69. The zero-order valence-electron chi connectivity index (χ0n) is 22.8. The molecule has 3 aliphatic rings. The van der Waals surface area contributed by atoms with Gasteiger partial charge in [0, 0.05) is 0 Å². The SMILES string of the molecule is CCCC1=C2[C@@H](CC/C(=C/c3ccc(O)cc3)c3ccccc3)OB(O)C[C@@H]2[C@@H]2C(=O)N(C(=O)OC)C(=O)[C@@H]2C1. The maximum atomic E-state index is 13.4. The first kappa shape index (κ1) is 27.9.